The first kappa shape index (κ1) is 15.3. The molecule has 1 aliphatic carbocycles. The van der Waals surface area contributed by atoms with Crippen LogP contribution in [0.2, 0.25) is 0 Å². The number of para-hydroxylation sites is 1. The van der Waals surface area contributed by atoms with Crippen LogP contribution < -0.4 is 10.5 Å². The smallest absolute Gasteiger partial charge is 0.123 e. The lowest BCUT2D eigenvalue weighted by Crippen LogP contribution is -2.30. The summed E-state index contributed by atoms with van der Waals surface area (Å²) in [4.78, 5) is 0. The molecule has 0 spiro atoms. The molecule has 1 aromatic rings. The van der Waals surface area contributed by atoms with Gasteiger partial charge in [0.05, 0.1) is 5.54 Å². The molecule has 0 aromatic heterocycles. The minimum atomic E-state index is -0.0521. The Morgan fingerprint density at radius 1 is 1.28 bits per heavy atom. The molecule has 0 atom stereocenters. The van der Waals surface area contributed by atoms with Gasteiger partial charge >= 0.3 is 0 Å². The maximum Gasteiger partial charge on any atom is 0.123 e. The fraction of sp³-hybridized carbons (Fsp3) is 0.600. The Morgan fingerprint density at radius 3 is 2.44 bits per heavy atom. The molecule has 1 fully saturated rings. The van der Waals surface area contributed by atoms with E-state index in [1.807, 2.05) is 6.07 Å². The molecule has 0 saturated heterocycles. The predicted octanol–water partition coefficient (Wildman–Crippen LogP) is 3.67. The molecule has 0 amide bonds. The number of hydrogen-bond donors (Lipinski definition) is 1. The quantitative estimate of drug-likeness (QED) is 0.885. The van der Waals surface area contributed by atoms with Crippen molar-refractivity contribution in [3.63, 3.8) is 0 Å². The van der Waals surface area contributed by atoms with E-state index in [-0.39, 0.29) is 23.4 Å². The number of nitrogens with two attached hydrogens (primary N) is 1. The molecule has 0 unspecified atom stereocenters. The van der Waals surface area contributed by atoms with Crippen LogP contribution in [0.25, 0.3) is 0 Å². The lowest BCUT2D eigenvalue weighted by atomic mass is 9.82. The van der Waals surface area contributed by atoms with Crippen molar-refractivity contribution in [3.05, 3.63) is 29.8 Å². The zero-order valence-electron chi connectivity index (χ0n) is 11.5. The lowest BCUT2D eigenvalue weighted by molar-refractivity contribution is 0.271. The maximum atomic E-state index is 6.06. The molecule has 18 heavy (non-hydrogen) atoms. The minimum absolute atomic E-state index is 0. The number of ether oxygens (including phenoxy) is 1. The fourth-order valence-electron chi connectivity index (χ4n) is 1.87. The monoisotopic (exact) mass is 269 g/mol. The molecule has 0 bridgehead atoms. The van der Waals surface area contributed by atoms with Crippen molar-refractivity contribution < 1.29 is 4.74 Å². The van der Waals surface area contributed by atoms with E-state index in [4.69, 9.17) is 10.5 Å². The number of rotatable bonds is 5. The molecule has 102 valence electrons. The van der Waals surface area contributed by atoms with Gasteiger partial charge in [-0.25, -0.2) is 0 Å². The van der Waals surface area contributed by atoms with Crippen molar-refractivity contribution in [1.82, 2.24) is 0 Å². The van der Waals surface area contributed by atoms with Crippen LogP contribution in [-0.4, -0.2) is 12.1 Å². The van der Waals surface area contributed by atoms with Crippen LogP contribution in [0.5, 0.6) is 5.75 Å². The molecular formula is C15H24ClNO. The van der Waals surface area contributed by atoms with Gasteiger partial charge in [0, 0.05) is 0 Å². The second kappa shape index (κ2) is 5.50. The Balaban J connectivity index is 0.00000162. The molecule has 3 heteroatoms. The summed E-state index contributed by atoms with van der Waals surface area (Å²) in [6.07, 6.45) is 3.28. The molecule has 1 aromatic carbocycles. The summed E-state index contributed by atoms with van der Waals surface area (Å²) < 4.78 is 5.93. The van der Waals surface area contributed by atoms with Crippen LogP contribution in [0.1, 0.15) is 45.6 Å². The average molecular weight is 270 g/mol. The normalized spacial score (nSPS) is 16.9. The van der Waals surface area contributed by atoms with Crippen LogP contribution in [0, 0.1) is 0 Å². The van der Waals surface area contributed by atoms with E-state index in [0.717, 1.165) is 25.0 Å². The number of halogens is 1. The molecule has 2 nitrogen and oxygen atoms in total. The number of hydrogen-bond acceptors (Lipinski definition) is 2. The summed E-state index contributed by atoms with van der Waals surface area (Å²) in [6, 6.07) is 8.32. The van der Waals surface area contributed by atoms with E-state index in [9.17, 15) is 0 Å². The molecule has 0 radical (unpaired) electrons. The van der Waals surface area contributed by atoms with E-state index in [1.54, 1.807) is 0 Å². The van der Waals surface area contributed by atoms with E-state index in [2.05, 4.69) is 39.0 Å². The third-order valence-electron chi connectivity index (χ3n) is 3.91. The highest BCUT2D eigenvalue weighted by Gasteiger charge is 2.39. The fourth-order valence-corrected chi connectivity index (χ4v) is 1.87. The summed E-state index contributed by atoms with van der Waals surface area (Å²) in [5.41, 5.74) is 7.45. The van der Waals surface area contributed by atoms with Crippen molar-refractivity contribution in [2.45, 2.75) is 51.0 Å². The highest BCUT2D eigenvalue weighted by Crippen LogP contribution is 2.37. The van der Waals surface area contributed by atoms with Crippen LogP contribution in [0.4, 0.5) is 0 Å². The minimum Gasteiger partial charge on any atom is -0.491 e. The van der Waals surface area contributed by atoms with E-state index in [1.165, 1.54) is 5.56 Å². The van der Waals surface area contributed by atoms with Crippen molar-refractivity contribution in [2.24, 2.45) is 5.73 Å². The van der Waals surface area contributed by atoms with Gasteiger partial charge in [-0.1, -0.05) is 39.0 Å². The van der Waals surface area contributed by atoms with Crippen LogP contribution in [-0.2, 0) is 5.41 Å². The number of benzene rings is 1. The van der Waals surface area contributed by atoms with Crippen molar-refractivity contribution in [1.29, 1.82) is 0 Å². The highest BCUT2D eigenvalue weighted by atomic mass is 35.5. The largest absolute Gasteiger partial charge is 0.491 e. The Kier molecular flexibility index (Phi) is 4.68. The van der Waals surface area contributed by atoms with E-state index < -0.39 is 0 Å². The molecule has 1 aliphatic rings. The van der Waals surface area contributed by atoms with Gasteiger partial charge in [0.2, 0.25) is 0 Å². The van der Waals surface area contributed by atoms with Gasteiger partial charge in [-0.3, -0.25) is 0 Å². The van der Waals surface area contributed by atoms with Crippen molar-refractivity contribution >= 4 is 12.4 Å². The maximum absolute atomic E-state index is 6.06. The van der Waals surface area contributed by atoms with E-state index >= 15 is 0 Å². The predicted molar refractivity (Wildman–Crippen MR) is 78.7 cm³/mol. The van der Waals surface area contributed by atoms with Gasteiger partial charge in [-0.2, -0.15) is 0 Å². The van der Waals surface area contributed by atoms with Gasteiger partial charge in [-0.15, -0.1) is 12.4 Å². The van der Waals surface area contributed by atoms with Crippen LogP contribution in [0.15, 0.2) is 24.3 Å². The summed E-state index contributed by atoms with van der Waals surface area (Å²) in [7, 11) is 0. The Bertz CT molecular complexity index is 399. The van der Waals surface area contributed by atoms with Gasteiger partial charge in [0.25, 0.3) is 0 Å². The lowest BCUT2D eigenvalue weighted by Gasteiger charge is -2.26. The van der Waals surface area contributed by atoms with Gasteiger partial charge in [-0.05, 0) is 36.3 Å². The average Bonchev–Trinajstić information content (AvgIpc) is 3.06. The first-order valence-electron chi connectivity index (χ1n) is 6.48. The van der Waals surface area contributed by atoms with Gasteiger partial charge < -0.3 is 10.5 Å². The molecule has 2 rings (SSSR count). The Morgan fingerprint density at radius 2 is 1.89 bits per heavy atom. The summed E-state index contributed by atoms with van der Waals surface area (Å²) in [5, 5.41) is 0. The Labute approximate surface area is 116 Å². The van der Waals surface area contributed by atoms with Crippen LogP contribution >= 0.6 is 12.4 Å². The first-order chi connectivity index (χ1) is 7.97. The van der Waals surface area contributed by atoms with Crippen LogP contribution in [0.3, 0.4) is 0 Å². The Hall–Kier alpha value is -0.730. The molecule has 0 heterocycles. The summed E-state index contributed by atoms with van der Waals surface area (Å²) in [6.45, 7) is 7.36. The van der Waals surface area contributed by atoms with Gasteiger partial charge in [0.1, 0.15) is 12.4 Å². The van der Waals surface area contributed by atoms with Crippen molar-refractivity contribution in [2.75, 3.05) is 6.61 Å². The van der Waals surface area contributed by atoms with E-state index in [0.29, 0.717) is 6.61 Å². The third-order valence-corrected chi connectivity index (χ3v) is 3.91. The second-order valence-electron chi connectivity index (χ2n) is 5.88. The molecule has 1 saturated carbocycles. The highest BCUT2D eigenvalue weighted by molar-refractivity contribution is 5.85. The SMILES string of the molecule is CCC(C)(C)c1ccccc1OCC1(N)CC1.Cl. The zero-order chi connectivity index (χ0) is 12.5. The molecular weight excluding hydrogens is 246 g/mol. The van der Waals surface area contributed by atoms with Crippen molar-refractivity contribution in [3.8, 4) is 5.75 Å². The third kappa shape index (κ3) is 3.39. The second-order valence-corrected chi connectivity index (χ2v) is 5.88. The first-order valence-corrected chi connectivity index (χ1v) is 6.48. The summed E-state index contributed by atoms with van der Waals surface area (Å²) >= 11 is 0. The van der Waals surface area contributed by atoms with Gasteiger partial charge in [0.15, 0.2) is 0 Å². The molecule has 0 aliphatic heterocycles. The standard InChI is InChI=1S/C15H23NO.ClH/c1-4-14(2,3)12-7-5-6-8-13(12)17-11-15(16)9-10-15;/h5-8H,4,9-11,16H2,1-3H3;1H. The zero-order valence-corrected chi connectivity index (χ0v) is 12.3. The molecule has 2 N–H and O–H groups in total. The topological polar surface area (TPSA) is 35.2 Å². The summed E-state index contributed by atoms with van der Waals surface area (Å²) in [5.74, 6) is 0.996.